The zero-order valence-electron chi connectivity index (χ0n) is 9.71. The fraction of sp³-hybridized carbons (Fsp3) is 0.308. The molecule has 2 atom stereocenters. The Morgan fingerprint density at radius 3 is 2.67 bits per heavy atom. The molecule has 0 radical (unpaired) electrons. The highest BCUT2D eigenvalue weighted by Gasteiger charge is 2.33. The van der Waals surface area contributed by atoms with Crippen LogP contribution in [0.3, 0.4) is 0 Å². The molecule has 1 saturated heterocycles. The van der Waals surface area contributed by atoms with E-state index in [0.29, 0.717) is 5.56 Å². The normalized spacial score (nSPS) is 23.8. The van der Waals surface area contributed by atoms with E-state index in [2.05, 4.69) is 4.98 Å². The fourth-order valence-corrected chi connectivity index (χ4v) is 2.38. The third-order valence-corrected chi connectivity index (χ3v) is 3.37. The summed E-state index contributed by atoms with van der Waals surface area (Å²) in [6.07, 6.45) is 0.0912. The van der Waals surface area contributed by atoms with Gasteiger partial charge in [-0.2, -0.15) is 0 Å². The second-order valence-corrected chi connectivity index (χ2v) is 4.59. The molecule has 1 fully saturated rings. The first-order valence-corrected chi connectivity index (χ1v) is 5.88. The van der Waals surface area contributed by atoms with Crippen molar-refractivity contribution >= 4 is 16.8 Å². The van der Waals surface area contributed by atoms with Crippen molar-refractivity contribution in [1.29, 1.82) is 0 Å². The molecule has 0 aliphatic carbocycles. The smallest absolute Gasteiger partial charge is 0.254 e. The van der Waals surface area contributed by atoms with Crippen molar-refractivity contribution in [3.63, 3.8) is 0 Å². The van der Waals surface area contributed by atoms with Crippen molar-refractivity contribution in [2.45, 2.75) is 12.2 Å². The predicted octanol–water partition coefficient (Wildman–Crippen LogP) is 0.346. The number of carbonyl (C=O) groups is 1. The van der Waals surface area contributed by atoms with Gasteiger partial charge in [0.15, 0.2) is 0 Å². The molecule has 1 aliphatic rings. The van der Waals surface area contributed by atoms with Crippen molar-refractivity contribution in [1.82, 2.24) is 9.88 Å². The Morgan fingerprint density at radius 2 is 1.94 bits per heavy atom. The van der Waals surface area contributed by atoms with Crippen molar-refractivity contribution in [3.8, 4) is 0 Å². The summed E-state index contributed by atoms with van der Waals surface area (Å²) in [7, 11) is 0. The first kappa shape index (κ1) is 11.3. The molecule has 0 unspecified atom stereocenters. The van der Waals surface area contributed by atoms with Gasteiger partial charge in [0.05, 0.1) is 12.2 Å². The summed E-state index contributed by atoms with van der Waals surface area (Å²) in [4.78, 5) is 16.9. The number of nitrogens with zero attached hydrogens (tertiary/aromatic N) is 1. The Hall–Kier alpha value is -1.85. The summed E-state index contributed by atoms with van der Waals surface area (Å²) in [6.45, 7) is 0.363. The zero-order valence-corrected chi connectivity index (χ0v) is 9.71. The number of rotatable bonds is 1. The molecule has 5 nitrogen and oxygen atoms in total. The number of fused-ring (bicyclic) bond motifs is 1. The van der Waals surface area contributed by atoms with Crippen LogP contribution in [0.2, 0.25) is 0 Å². The Kier molecular flexibility index (Phi) is 2.57. The average molecular weight is 246 g/mol. The molecule has 0 saturated carbocycles. The minimum Gasteiger partial charge on any atom is -0.388 e. The number of carbonyl (C=O) groups excluding carboxylic acids is 1. The van der Waals surface area contributed by atoms with Gasteiger partial charge in [-0.05, 0) is 18.2 Å². The van der Waals surface area contributed by atoms with Crippen LogP contribution in [-0.4, -0.2) is 51.3 Å². The van der Waals surface area contributed by atoms with E-state index in [1.54, 1.807) is 12.3 Å². The molecule has 0 bridgehead atoms. The largest absolute Gasteiger partial charge is 0.388 e. The topological polar surface area (TPSA) is 76.6 Å². The molecule has 18 heavy (non-hydrogen) atoms. The standard InChI is InChI=1S/C13H14N2O3/c16-11-6-15(7-12(11)17)13(18)9-2-1-3-10-8(9)4-5-14-10/h1-5,11-12,14,16-17H,6-7H2/t11-,12+. The van der Waals surface area contributed by atoms with Crippen LogP contribution in [0.25, 0.3) is 10.9 Å². The minimum atomic E-state index is -0.848. The number of aromatic nitrogens is 1. The lowest BCUT2D eigenvalue weighted by Crippen LogP contribution is -2.29. The minimum absolute atomic E-state index is 0.157. The number of aromatic amines is 1. The molecule has 0 spiro atoms. The lowest BCUT2D eigenvalue weighted by Gasteiger charge is -2.15. The van der Waals surface area contributed by atoms with Crippen LogP contribution in [0.1, 0.15) is 10.4 Å². The van der Waals surface area contributed by atoms with E-state index in [9.17, 15) is 15.0 Å². The van der Waals surface area contributed by atoms with Gasteiger partial charge in [0, 0.05) is 35.8 Å². The Morgan fingerprint density at radius 1 is 1.22 bits per heavy atom. The molecule has 3 rings (SSSR count). The van der Waals surface area contributed by atoms with E-state index in [0.717, 1.165) is 10.9 Å². The van der Waals surface area contributed by atoms with Gasteiger partial charge in [-0.3, -0.25) is 4.79 Å². The zero-order chi connectivity index (χ0) is 12.7. The number of amides is 1. The van der Waals surface area contributed by atoms with Crippen molar-refractivity contribution in [2.75, 3.05) is 13.1 Å². The molecule has 1 aromatic heterocycles. The SMILES string of the molecule is O=C(c1cccc2[nH]ccc12)N1C[C@@H](O)[C@@H](O)C1. The van der Waals surface area contributed by atoms with Crippen LogP contribution in [0.5, 0.6) is 0 Å². The van der Waals surface area contributed by atoms with Crippen LogP contribution >= 0.6 is 0 Å². The molecule has 1 aliphatic heterocycles. The maximum absolute atomic E-state index is 12.3. The molecule has 2 aromatic rings. The summed E-state index contributed by atoms with van der Waals surface area (Å²) in [5.41, 5.74) is 1.50. The first-order chi connectivity index (χ1) is 8.66. The molecule has 1 amide bonds. The number of aliphatic hydroxyl groups excluding tert-OH is 2. The lowest BCUT2D eigenvalue weighted by molar-refractivity contribution is 0.0572. The maximum Gasteiger partial charge on any atom is 0.254 e. The number of hydrogen-bond donors (Lipinski definition) is 3. The Bertz CT molecular complexity index is 583. The second-order valence-electron chi connectivity index (χ2n) is 4.59. The van der Waals surface area contributed by atoms with Gasteiger partial charge in [0.2, 0.25) is 0 Å². The van der Waals surface area contributed by atoms with E-state index in [-0.39, 0.29) is 19.0 Å². The van der Waals surface area contributed by atoms with Crippen molar-refractivity contribution < 1.29 is 15.0 Å². The molecular formula is C13H14N2O3. The summed E-state index contributed by atoms with van der Waals surface area (Å²) in [6, 6.07) is 7.33. The Labute approximate surface area is 104 Å². The highest BCUT2D eigenvalue weighted by atomic mass is 16.3. The highest BCUT2D eigenvalue weighted by Crippen LogP contribution is 2.21. The van der Waals surface area contributed by atoms with Crippen LogP contribution in [0.4, 0.5) is 0 Å². The van der Waals surface area contributed by atoms with Gasteiger partial charge in [0.1, 0.15) is 0 Å². The number of β-amino-alcohol motifs (C(OH)–C–C–N with tert-alkyl or cyclic N) is 2. The third-order valence-electron chi connectivity index (χ3n) is 3.37. The quantitative estimate of drug-likeness (QED) is 0.679. The molecule has 1 aromatic carbocycles. The molecule has 94 valence electrons. The van der Waals surface area contributed by atoms with Crippen LogP contribution in [0.15, 0.2) is 30.5 Å². The number of likely N-dealkylation sites (tertiary alicyclic amines) is 1. The van der Waals surface area contributed by atoms with Gasteiger partial charge in [0.25, 0.3) is 5.91 Å². The maximum atomic E-state index is 12.3. The van der Waals surface area contributed by atoms with Gasteiger partial charge in [-0.25, -0.2) is 0 Å². The predicted molar refractivity (Wildman–Crippen MR) is 66.2 cm³/mol. The summed E-state index contributed by atoms with van der Waals surface area (Å²) >= 11 is 0. The monoisotopic (exact) mass is 246 g/mol. The number of aliphatic hydroxyl groups is 2. The third kappa shape index (κ3) is 1.68. The fourth-order valence-electron chi connectivity index (χ4n) is 2.38. The highest BCUT2D eigenvalue weighted by molar-refractivity contribution is 6.06. The van der Waals surface area contributed by atoms with Crippen molar-refractivity contribution in [3.05, 3.63) is 36.0 Å². The van der Waals surface area contributed by atoms with Crippen LogP contribution < -0.4 is 0 Å². The lowest BCUT2D eigenvalue weighted by atomic mass is 10.1. The van der Waals surface area contributed by atoms with Gasteiger partial charge < -0.3 is 20.1 Å². The molecule has 5 heteroatoms. The first-order valence-electron chi connectivity index (χ1n) is 5.88. The van der Waals surface area contributed by atoms with E-state index >= 15 is 0 Å². The number of hydrogen-bond acceptors (Lipinski definition) is 3. The van der Waals surface area contributed by atoms with Gasteiger partial charge in [-0.15, -0.1) is 0 Å². The van der Waals surface area contributed by atoms with E-state index in [1.807, 2.05) is 18.2 Å². The van der Waals surface area contributed by atoms with E-state index in [4.69, 9.17) is 0 Å². The van der Waals surface area contributed by atoms with E-state index in [1.165, 1.54) is 4.90 Å². The molecule has 3 N–H and O–H groups in total. The number of H-pyrrole nitrogens is 1. The molecular weight excluding hydrogens is 232 g/mol. The average Bonchev–Trinajstić information content (AvgIpc) is 2.95. The van der Waals surface area contributed by atoms with Gasteiger partial charge >= 0.3 is 0 Å². The summed E-state index contributed by atoms with van der Waals surface area (Å²) in [5, 5.41) is 19.8. The summed E-state index contributed by atoms with van der Waals surface area (Å²) in [5.74, 6) is -0.157. The Balaban J connectivity index is 1.95. The summed E-state index contributed by atoms with van der Waals surface area (Å²) < 4.78 is 0. The van der Waals surface area contributed by atoms with Crippen LogP contribution in [-0.2, 0) is 0 Å². The molecule has 2 heterocycles. The van der Waals surface area contributed by atoms with Crippen molar-refractivity contribution in [2.24, 2.45) is 0 Å². The number of benzene rings is 1. The number of nitrogens with one attached hydrogen (secondary N) is 1. The van der Waals surface area contributed by atoms with E-state index < -0.39 is 12.2 Å². The van der Waals surface area contributed by atoms with Gasteiger partial charge in [-0.1, -0.05) is 6.07 Å². The van der Waals surface area contributed by atoms with Crippen LogP contribution in [0, 0.1) is 0 Å². The second kappa shape index (κ2) is 4.12.